The molecule has 0 spiro atoms. The fourth-order valence-corrected chi connectivity index (χ4v) is 1.67. The number of aliphatic hydroxyl groups is 1. The maximum absolute atomic E-state index is 10.0. The van der Waals surface area contributed by atoms with Crippen LogP contribution < -0.4 is 10.1 Å². The zero-order valence-corrected chi connectivity index (χ0v) is 9.58. The molecule has 0 saturated carbocycles. The van der Waals surface area contributed by atoms with Gasteiger partial charge in [-0.1, -0.05) is 12.1 Å². The normalized spacial score (nSPS) is 14.7. The molecule has 0 aliphatic rings. The molecule has 0 aliphatic carbocycles. The molecular formula is C12H19NO2. The Labute approximate surface area is 91.1 Å². The second-order valence-electron chi connectivity index (χ2n) is 4.06. The lowest BCUT2D eigenvalue weighted by Crippen LogP contribution is -2.38. The molecule has 0 saturated heterocycles. The first-order valence-corrected chi connectivity index (χ1v) is 5.07. The Kier molecular flexibility index (Phi) is 4.12. The van der Waals surface area contributed by atoms with E-state index in [1.165, 1.54) is 0 Å². The molecular weight excluding hydrogens is 190 g/mol. The van der Waals surface area contributed by atoms with Crippen molar-refractivity contribution in [2.75, 3.05) is 20.7 Å². The number of likely N-dealkylation sites (N-methyl/N-ethyl adjacent to an activating group) is 1. The van der Waals surface area contributed by atoms with Crippen LogP contribution in [0.25, 0.3) is 0 Å². The van der Waals surface area contributed by atoms with Crippen molar-refractivity contribution in [1.82, 2.24) is 5.32 Å². The van der Waals surface area contributed by atoms with Crippen molar-refractivity contribution in [3.63, 3.8) is 0 Å². The topological polar surface area (TPSA) is 41.5 Å². The Balaban J connectivity index is 2.71. The zero-order chi connectivity index (χ0) is 11.3. The summed E-state index contributed by atoms with van der Waals surface area (Å²) in [5.74, 6) is 0.827. The first-order valence-electron chi connectivity index (χ1n) is 5.07. The first kappa shape index (κ1) is 12.0. The molecule has 1 aromatic carbocycles. The molecule has 3 heteroatoms. The number of hydrogen-bond donors (Lipinski definition) is 2. The third kappa shape index (κ3) is 3.90. The van der Waals surface area contributed by atoms with E-state index in [0.29, 0.717) is 13.0 Å². The number of rotatable bonds is 5. The van der Waals surface area contributed by atoms with Crippen LogP contribution in [0.5, 0.6) is 5.75 Å². The van der Waals surface area contributed by atoms with Crippen molar-refractivity contribution in [2.45, 2.75) is 18.9 Å². The molecule has 84 valence electrons. The van der Waals surface area contributed by atoms with E-state index in [4.69, 9.17) is 4.74 Å². The summed E-state index contributed by atoms with van der Waals surface area (Å²) in [5.41, 5.74) is 0.357. The predicted octanol–water partition coefficient (Wildman–Crippen LogP) is 1.21. The van der Waals surface area contributed by atoms with Gasteiger partial charge < -0.3 is 15.2 Å². The van der Waals surface area contributed by atoms with E-state index in [2.05, 4.69) is 5.32 Å². The van der Waals surface area contributed by atoms with Crippen molar-refractivity contribution < 1.29 is 9.84 Å². The minimum atomic E-state index is -0.721. The standard InChI is InChI=1S/C12H19NO2/c1-12(14,9-13-2)8-10-5-4-6-11(7-10)15-3/h4-7,13-14H,8-9H2,1-3H3. The molecule has 0 bridgehead atoms. The van der Waals surface area contributed by atoms with Crippen molar-refractivity contribution in [1.29, 1.82) is 0 Å². The van der Waals surface area contributed by atoms with Crippen molar-refractivity contribution in [2.24, 2.45) is 0 Å². The Hall–Kier alpha value is -1.06. The third-order valence-corrected chi connectivity index (χ3v) is 2.28. The summed E-state index contributed by atoms with van der Waals surface area (Å²) in [7, 11) is 3.48. The molecule has 0 fully saturated rings. The highest BCUT2D eigenvalue weighted by Crippen LogP contribution is 2.17. The van der Waals surface area contributed by atoms with Crippen LogP contribution in [0.4, 0.5) is 0 Å². The average molecular weight is 209 g/mol. The Morgan fingerprint density at radius 2 is 2.20 bits per heavy atom. The molecule has 3 nitrogen and oxygen atoms in total. The second kappa shape index (κ2) is 5.14. The minimum absolute atomic E-state index is 0.574. The smallest absolute Gasteiger partial charge is 0.119 e. The molecule has 1 rings (SSSR count). The minimum Gasteiger partial charge on any atom is -0.497 e. The van der Waals surface area contributed by atoms with Crippen molar-refractivity contribution in [3.05, 3.63) is 29.8 Å². The summed E-state index contributed by atoms with van der Waals surface area (Å²) in [6, 6.07) is 7.77. The van der Waals surface area contributed by atoms with E-state index in [9.17, 15) is 5.11 Å². The predicted molar refractivity (Wildman–Crippen MR) is 61.2 cm³/mol. The van der Waals surface area contributed by atoms with Gasteiger partial charge in [-0.2, -0.15) is 0 Å². The summed E-state index contributed by atoms with van der Waals surface area (Å²) < 4.78 is 5.13. The van der Waals surface area contributed by atoms with Gasteiger partial charge in [0.2, 0.25) is 0 Å². The molecule has 0 aliphatic heterocycles. The Morgan fingerprint density at radius 1 is 1.47 bits per heavy atom. The van der Waals surface area contributed by atoms with Crippen LogP contribution in [0.1, 0.15) is 12.5 Å². The van der Waals surface area contributed by atoms with E-state index in [0.717, 1.165) is 11.3 Å². The van der Waals surface area contributed by atoms with Gasteiger partial charge in [-0.3, -0.25) is 0 Å². The summed E-state index contributed by atoms with van der Waals surface area (Å²) in [5, 5.41) is 13.0. The SMILES string of the molecule is CNCC(C)(O)Cc1cccc(OC)c1. The largest absolute Gasteiger partial charge is 0.497 e. The second-order valence-corrected chi connectivity index (χ2v) is 4.06. The number of benzene rings is 1. The van der Waals surface area contributed by atoms with Crippen LogP contribution in [0, 0.1) is 0 Å². The lowest BCUT2D eigenvalue weighted by molar-refractivity contribution is 0.0622. The molecule has 15 heavy (non-hydrogen) atoms. The molecule has 0 radical (unpaired) electrons. The molecule has 0 heterocycles. The maximum Gasteiger partial charge on any atom is 0.119 e. The molecule has 2 N–H and O–H groups in total. The molecule has 1 aromatic rings. The van der Waals surface area contributed by atoms with E-state index in [1.54, 1.807) is 7.11 Å². The average Bonchev–Trinajstić information content (AvgIpc) is 2.17. The van der Waals surface area contributed by atoms with E-state index < -0.39 is 5.60 Å². The first-order chi connectivity index (χ1) is 7.07. The highest BCUT2D eigenvalue weighted by molar-refractivity contribution is 5.29. The number of methoxy groups -OCH3 is 1. The van der Waals surface area contributed by atoms with Gasteiger partial charge in [0, 0.05) is 13.0 Å². The van der Waals surface area contributed by atoms with E-state index in [1.807, 2.05) is 38.2 Å². The van der Waals surface area contributed by atoms with E-state index >= 15 is 0 Å². The highest BCUT2D eigenvalue weighted by Gasteiger charge is 2.19. The number of ether oxygens (including phenoxy) is 1. The van der Waals surface area contributed by atoms with Crippen LogP contribution in [-0.4, -0.2) is 31.4 Å². The van der Waals surface area contributed by atoms with Crippen LogP contribution in [-0.2, 0) is 6.42 Å². The lowest BCUT2D eigenvalue weighted by Gasteiger charge is -2.23. The van der Waals surface area contributed by atoms with Gasteiger partial charge in [0.25, 0.3) is 0 Å². The Morgan fingerprint density at radius 3 is 2.80 bits per heavy atom. The fraction of sp³-hybridized carbons (Fsp3) is 0.500. The van der Waals surface area contributed by atoms with Crippen molar-refractivity contribution in [3.8, 4) is 5.75 Å². The molecule has 1 unspecified atom stereocenters. The quantitative estimate of drug-likeness (QED) is 0.766. The number of hydrogen-bond acceptors (Lipinski definition) is 3. The fourth-order valence-electron chi connectivity index (χ4n) is 1.67. The van der Waals surface area contributed by atoms with Crippen LogP contribution in [0.2, 0.25) is 0 Å². The van der Waals surface area contributed by atoms with Crippen LogP contribution in [0.15, 0.2) is 24.3 Å². The summed E-state index contributed by atoms with van der Waals surface area (Å²) in [6.07, 6.45) is 0.616. The molecule has 0 amide bonds. The molecule has 1 atom stereocenters. The van der Waals surface area contributed by atoms with Gasteiger partial charge in [0.15, 0.2) is 0 Å². The van der Waals surface area contributed by atoms with Crippen LogP contribution >= 0.6 is 0 Å². The highest BCUT2D eigenvalue weighted by atomic mass is 16.5. The van der Waals surface area contributed by atoms with Gasteiger partial charge >= 0.3 is 0 Å². The Bertz CT molecular complexity index is 310. The summed E-state index contributed by atoms with van der Waals surface area (Å²) in [4.78, 5) is 0. The lowest BCUT2D eigenvalue weighted by atomic mass is 9.96. The maximum atomic E-state index is 10.0. The van der Waals surface area contributed by atoms with E-state index in [-0.39, 0.29) is 0 Å². The van der Waals surface area contributed by atoms with Gasteiger partial charge in [-0.15, -0.1) is 0 Å². The van der Waals surface area contributed by atoms with Gasteiger partial charge in [0.1, 0.15) is 5.75 Å². The summed E-state index contributed by atoms with van der Waals surface area (Å²) >= 11 is 0. The van der Waals surface area contributed by atoms with Gasteiger partial charge in [0.05, 0.1) is 12.7 Å². The molecule has 0 aromatic heterocycles. The zero-order valence-electron chi connectivity index (χ0n) is 9.58. The van der Waals surface area contributed by atoms with Gasteiger partial charge in [-0.25, -0.2) is 0 Å². The van der Waals surface area contributed by atoms with Crippen LogP contribution in [0.3, 0.4) is 0 Å². The summed E-state index contributed by atoms with van der Waals surface area (Å²) in [6.45, 7) is 2.40. The third-order valence-electron chi connectivity index (χ3n) is 2.28. The van der Waals surface area contributed by atoms with Gasteiger partial charge in [-0.05, 0) is 31.7 Å². The number of nitrogens with one attached hydrogen (secondary N) is 1. The monoisotopic (exact) mass is 209 g/mol. The van der Waals surface area contributed by atoms with Crippen molar-refractivity contribution >= 4 is 0 Å².